The molecule has 2 aliphatic heterocycles. The van der Waals surface area contributed by atoms with Gasteiger partial charge < -0.3 is 15.4 Å². The summed E-state index contributed by atoms with van der Waals surface area (Å²) in [5, 5.41) is 7.29. The Labute approximate surface area is 204 Å². The minimum atomic E-state index is 0. The van der Waals surface area contributed by atoms with Gasteiger partial charge in [-0.25, -0.2) is 0 Å². The number of nitrogens with one attached hydrogen (secondary N) is 2. The van der Waals surface area contributed by atoms with Crippen molar-refractivity contribution in [2.24, 2.45) is 4.99 Å². The third-order valence-corrected chi connectivity index (χ3v) is 7.69. The molecule has 2 N–H and O–H groups in total. The lowest BCUT2D eigenvalue weighted by atomic mass is 9.99. The molecule has 0 aliphatic carbocycles. The zero-order valence-electron chi connectivity index (χ0n) is 18.8. The highest BCUT2D eigenvalue weighted by Crippen LogP contribution is 2.34. The van der Waals surface area contributed by atoms with Gasteiger partial charge in [0.15, 0.2) is 5.96 Å². The van der Waals surface area contributed by atoms with Gasteiger partial charge in [0.05, 0.1) is 0 Å². The van der Waals surface area contributed by atoms with Crippen LogP contribution in [0, 0.1) is 6.92 Å². The number of nitrogens with zero attached hydrogens (tertiary/aromatic N) is 2. The molecule has 0 saturated carbocycles. The van der Waals surface area contributed by atoms with E-state index in [-0.39, 0.29) is 28.7 Å². The molecular weight excluding hydrogens is 507 g/mol. The summed E-state index contributed by atoms with van der Waals surface area (Å²) in [6, 6.07) is 9.23. The molecule has 0 aromatic heterocycles. The molecular formula is C23H39IN4OS. The number of hydrogen-bond donors (Lipinski definition) is 2. The maximum Gasteiger partial charge on any atom is 0.191 e. The number of halogens is 1. The first-order valence-electron chi connectivity index (χ1n) is 11.1. The van der Waals surface area contributed by atoms with E-state index in [0.717, 1.165) is 76.8 Å². The zero-order chi connectivity index (χ0) is 20.5. The highest BCUT2D eigenvalue weighted by atomic mass is 127. The van der Waals surface area contributed by atoms with E-state index in [1.165, 1.54) is 11.1 Å². The van der Waals surface area contributed by atoms with Gasteiger partial charge in [-0.3, -0.25) is 9.89 Å². The number of piperidine rings is 1. The Morgan fingerprint density at radius 1 is 1.23 bits per heavy atom. The fourth-order valence-electron chi connectivity index (χ4n) is 4.32. The fraction of sp³-hybridized carbons (Fsp3) is 0.696. The van der Waals surface area contributed by atoms with Crippen LogP contribution in [0.1, 0.15) is 43.7 Å². The summed E-state index contributed by atoms with van der Waals surface area (Å²) in [5.74, 6) is 2.09. The Morgan fingerprint density at radius 3 is 2.57 bits per heavy atom. The van der Waals surface area contributed by atoms with Crippen LogP contribution in [0.15, 0.2) is 29.3 Å². The first-order valence-corrected chi connectivity index (χ1v) is 12.1. The Hall–Kier alpha value is -0.510. The summed E-state index contributed by atoms with van der Waals surface area (Å²) in [6.07, 6.45) is 4.56. The van der Waals surface area contributed by atoms with Crippen LogP contribution in [0.4, 0.5) is 0 Å². The van der Waals surface area contributed by atoms with Gasteiger partial charge in [-0.1, -0.05) is 31.2 Å². The van der Waals surface area contributed by atoms with Gasteiger partial charge >= 0.3 is 0 Å². The fourth-order valence-corrected chi connectivity index (χ4v) is 5.56. The molecule has 30 heavy (non-hydrogen) atoms. The highest BCUT2D eigenvalue weighted by Gasteiger charge is 2.33. The number of guanidine groups is 1. The summed E-state index contributed by atoms with van der Waals surface area (Å²) in [4.78, 5) is 7.07. The summed E-state index contributed by atoms with van der Waals surface area (Å²) in [7, 11) is 1.88. The molecule has 2 fully saturated rings. The summed E-state index contributed by atoms with van der Waals surface area (Å²) < 4.78 is 5.87. The molecule has 2 saturated heterocycles. The smallest absolute Gasteiger partial charge is 0.191 e. The second-order valence-corrected chi connectivity index (χ2v) is 10.0. The molecule has 0 bridgehead atoms. The molecule has 0 radical (unpaired) electrons. The van der Waals surface area contributed by atoms with Gasteiger partial charge in [-0.2, -0.15) is 11.8 Å². The standard InChI is InChI=1S/C23H38N4OS.HI/c1-4-29-23(11-15-28-16-12-23)18-25-22(24-3)26-21-9-13-27(14-10-21)17-20-8-6-5-7-19(20)2;/h5-8,21H,4,9-18H2,1-3H3,(H2,24,25,26);1H. The van der Waals surface area contributed by atoms with Crippen molar-refractivity contribution in [1.29, 1.82) is 0 Å². The van der Waals surface area contributed by atoms with Crippen molar-refractivity contribution in [2.45, 2.75) is 56.9 Å². The highest BCUT2D eigenvalue weighted by molar-refractivity contribution is 14.0. The molecule has 0 amide bonds. The van der Waals surface area contributed by atoms with Crippen molar-refractivity contribution in [2.75, 3.05) is 45.6 Å². The lowest BCUT2D eigenvalue weighted by molar-refractivity contribution is 0.0781. The number of likely N-dealkylation sites (tertiary alicyclic amines) is 1. The van der Waals surface area contributed by atoms with Crippen LogP contribution in [0.2, 0.25) is 0 Å². The number of rotatable bonds is 7. The third-order valence-electron chi connectivity index (χ3n) is 6.24. The van der Waals surface area contributed by atoms with E-state index in [1.54, 1.807) is 0 Å². The Balaban J connectivity index is 0.00000320. The SMILES string of the molecule is CCSC1(CNC(=NC)NC2CCN(Cc3ccccc3C)CC2)CCOCC1.I. The first kappa shape index (κ1) is 25.7. The molecule has 3 rings (SSSR count). The van der Waals surface area contributed by atoms with Crippen LogP contribution >= 0.6 is 35.7 Å². The lowest BCUT2D eigenvalue weighted by Crippen LogP contribution is -2.52. The average Bonchev–Trinajstić information content (AvgIpc) is 2.75. The van der Waals surface area contributed by atoms with Gasteiger partial charge in [0.25, 0.3) is 0 Å². The quantitative estimate of drug-likeness (QED) is 0.307. The molecule has 5 nitrogen and oxygen atoms in total. The van der Waals surface area contributed by atoms with Gasteiger partial charge in [-0.15, -0.1) is 24.0 Å². The largest absolute Gasteiger partial charge is 0.381 e. The van der Waals surface area contributed by atoms with Crippen LogP contribution in [0.5, 0.6) is 0 Å². The van der Waals surface area contributed by atoms with Gasteiger partial charge in [0.1, 0.15) is 0 Å². The molecule has 1 aromatic carbocycles. The van der Waals surface area contributed by atoms with Crippen molar-refractivity contribution in [3.63, 3.8) is 0 Å². The van der Waals surface area contributed by atoms with Crippen LogP contribution in [0.3, 0.4) is 0 Å². The van der Waals surface area contributed by atoms with Crippen LogP contribution in [0.25, 0.3) is 0 Å². The van der Waals surface area contributed by atoms with Crippen molar-refractivity contribution in [1.82, 2.24) is 15.5 Å². The van der Waals surface area contributed by atoms with Gasteiger partial charge in [0.2, 0.25) is 0 Å². The number of thioether (sulfide) groups is 1. The number of aliphatic imine (C=N–C) groups is 1. The van der Waals surface area contributed by atoms with Gasteiger partial charge in [-0.05, 0) is 49.5 Å². The Morgan fingerprint density at radius 2 is 1.93 bits per heavy atom. The minimum absolute atomic E-state index is 0. The number of hydrogen-bond acceptors (Lipinski definition) is 4. The monoisotopic (exact) mass is 546 g/mol. The summed E-state index contributed by atoms with van der Waals surface area (Å²) in [6.45, 7) is 10.5. The van der Waals surface area contributed by atoms with E-state index in [2.05, 4.69) is 70.4 Å². The van der Waals surface area contributed by atoms with Crippen molar-refractivity contribution in [3.05, 3.63) is 35.4 Å². The molecule has 0 atom stereocenters. The Bertz CT molecular complexity index is 653. The second kappa shape index (κ2) is 13.1. The topological polar surface area (TPSA) is 48.9 Å². The predicted molar refractivity (Wildman–Crippen MR) is 140 cm³/mol. The minimum Gasteiger partial charge on any atom is -0.381 e. The predicted octanol–water partition coefficient (Wildman–Crippen LogP) is 4.04. The molecule has 0 spiro atoms. The van der Waals surface area contributed by atoms with Crippen molar-refractivity contribution < 1.29 is 4.74 Å². The molecule has 1 aromatic rings. The second-order valence-electron chi connectivity index (χ2n) is 8.28. The van der Waals surface area contributed by atoms with Crippen molar-refractivity contribution in [3.8, 4) is 0 Å². The van der Waals surface area contributed by atoms with E-state index in [0.29, 0.717) is 6.04 Å². The van der Waals surface area contributed by atoms with Crippen molar-refractivity contribution >= 4 is 41.7 Å². The van der Waals surface area contributed by atoms with E-state index < -0.39 is 0 Å². The van der Waals surface area contributed by atoms with E-state index in [4.69, 9.17) is 4.74 Å². The molecule has 2 aliphatic rings. The van der Waals surface area contributed by atoms with E-state index >= 15 is 0 Å². The zero-order valence-corrected chi connectivity index (χ0v) is 21.9. The van der Waals surface area contributed by atoms with E-state index in [9.17, 15) is 0 Å². The summed E-state index contributed by atoms with van der Waals surface area (Å²) in [5.41, 5.74) is 2.84. The third kappa shape index (κ3) is 7.57. The molecule has 2 heterocycles. The van der Waals surface area contributed by atoms with Gasteiger partial charge in [0, 0.05) is 57.2 Å². The summed E-state index contributed by atoms with van der Waals surface area (Å²) >= 11 is 2.07. The molecule has 7 heteroatoms. The average molecular weight is 547 g/mol. The van der Waals surface area contributed by atoms with E-state index in [1.807, 2.05) is 7.05 Å². The number of benzene rings is 1. The maximum absolute atomic E-state index is 5.59. The van der Waals surface area contributed by atoms with Crippen LogP contribution in [-0.4, -0.2) is 67.3 Å². The van der Waals surface area contributed by atoms with Crippen LogP contribution in [-0.2, 0) is 11.3 Å². The normalized spacial score (nSPS) is 20.4. The molecule has 0 unspecified atom stereocenters. The van der Waals surface area contributed by atoms with Crippen LogP contribution < -0.4 is 10.6 Å². The lowest BCUT2D eigenvalue weighted by Gasteiger charge is -2.38. The first-order chi connectivity index (χ1) is 14.1. The molecule has 170 valence electrons. The number of aryl methyl sites for hydroxylation is 1. The maximum atomic E-state index is 5.59. The number of ether oxygens (including phenoxy) is 1. The Kier molecular flexibility index (Phi) is 11.3.